The summed E-state index contributed by atoms with van der Waals surface area (Å²) in [5.74, 6) is 0. The van der Waals surface area contributed by atoms with Crippen LogP contribution < -0.4 is 9.80 Å². The smallest absolute Gasteiger partial charge is 0.0638 e. The third-order valence-corrected chi connectivity index (χ3v) is 11.2. The highest BCUT2D eigenvalue weighted by atomic mass is 15.2. The second-order valence-electron chi connectivity index (χ2n) is 14.1. The van der Waals surface area contributed by atoms with Crippen LogP contribution in [-0.4, -0.2) is 4.57 Å². The summed E-state index contributed by atoms with van der Waals surface area (Å²) in [4.78, 5) is 4.96. The van der Waals surface area contributed by atoms with Crippen LogP contribution in [0.5, 0.6) is 0 Å². The van der Waals surface area contributed by atoms with Crippen LogP contribution in [0.1, 0.15) is 23.6 Å². The zero-order valence-electron chi connectivity index (χ0n) is 29.1. The van der Waals surface area contributed by atoms with Crippen molar-refractivity contribution in [3.05, 3.63) is 199 Å². The Morgan fingerprint density at radius 1 is 0.491 bits per heavy atom. The molecule has 0 saturated heterocycles. The highest BCUT2D eigenvalue weighted by molar-refractivity contribution is 6.11. The molecule has 53 heavy (non-hydrogen) atoms. The maximum absolute atomic E-state index is 2.58. The molecular formula is C50H35N3. The van der Waals surface area contributed by atoms with Gasteiger partial charge in [0, 0.05) is 44.8 Å². The first-order valence-corrected chi connectivity index (χ1v) is 18.5. The summed E-state index contributed by atoms with van der Waals surface area (Å²) in [6.07, 6.45) is 5.61. The molecule has 11 rings (SSSR count). The van der Waals surface area contributed by atoms with Crippen molar-refractivity contribution >= 4 is 67.1 Å². The van der Waals surface area contributed by atoms with Gasteiger partial charge in [-0.2, -0.15) is 0 Å². The van der Waals surface area contributed by atoms with Crippen molar-refractivity contribution in [3.8, 4) is 16.8 Å². The van der Waals surface area contributed by atoms with E-state index in [1.54, 1.807) is 0 Å². The number of rotatable bonds is 5. The maximum atomic E-state index is 2.58. The first-order valence-electron chi connectivity index (χ1n) is 18.5. The lowest BCUT2D eigenvalue weighted by atomic mass is 9.79. The van der Waals surface area contributed by atoms with Crippen LogP contribution in [0.3, 0.4) is 0 Å². The molecule has 0 fully saturated rings. The van der Waals surface area contributed by atoms with Crippen molar-refractivity contribution in [1.82, 2.24) is 4.57 Å². The van der Waals surface area contributed by atoms with Crippen molar-refractivity contribution in [2.75, 3.05) is 9.80 Å². The molecule has 8 aromatic carbocycles. The normalized spacial score (nSPS) is 14.4. The maximum Gasteiger partial charge on any atom is 0.0638 e. The van der Waals surface area contributed by atoms with Crippen LogP contribution in [0.15, 0.2) is 188 Å². The van der Waals surface area contributed by atoms with Gasteiger partial charge in [0.15, 0.2) is 0 Å². The monoisotopic (exact) mass is 677 g/mol. The Hall–Kier alpha value is -6.84. The Kier molecular flexibility index (Phi) is 6.68. The molecule has 2 heterocycles. The minimum absolute atomic E-state index is 0.221. The topological polar surface area (TPSA) is 11.4 Å². The van der Waals surface area contributed by atoms with E-state index < -0.39 is 0 Å². The van der Waals surface area contributed by atoms with E-state index in [4.69, 9.17) is 0 Å². The van der Waals surface area contributed by atoms with Crippen LogP contribution in [0.2, 0.25) is 0 Å². The third-order valence-electron chi connectivity index (χ3n) is 11.2. The Morgan fingerprint density at radius 2 is 1.19 bits per heavy atom. The van der Waals surface area contributed by atoms with Crippen molar-refractivity contribution in [3.63, 3.8) is 0 Å². The Bertz CT molecular complexity index is 2870. The molecule has 0 saturated carbocycles. The van der Waals surface area contributed by atoms with E-state index in [1.165, 1.54) is 66.2 Å². The minimum Gasteiger partial charge on any atom is -0.333 e. The van der Waals surface area contributed by atoms with Gasteiger partial charge in [0.05, 0.1) is 22.8 Å². The summed E-state index contributed by atoms with van der Waals surface area (Å²) in [7, 11) is 0. The third kappa shape index (κ3) is 4.60. The molecular weight excluding hydrogens is 643 g/mol. The molecule has 1 atom stereocenters. The number of aromatic nitrogens is 1. The lowest BCUT2D eigenvalue weighted by molar-refractivity contribution is 0.696. The van der Waals surface area contributed by atoms with Crippen LogP contribution in [0.25, 0.3) is 55.5 Å². The van der Waals surface area contributed by atoms with Gasteiger partial charge in [-0.15, -0.1) is 0 Å². The molecule has 3 heteroatoms. The number of para-hydroxylation sites is 3. The fourth-order valence-electron chi connectivity index (χ4n) is 8.97. The van der Waals surface area contributed by atoms with Gasteiger partial charge in [0.1, 0.15) is 0 Å². The van der Waals surface area contributed by atoms with Crippen molar-refractivity contribution in [1.29, 1.82) is 0 Å². The SMILES string of the molecule is C1=Cc2cccc3c2C(C1)N(c1ccc(N(c2ccccc2)c2ccc4c5ccccc5n(-c5ccccc5)c4c2)cc1)c1ccc2ccccc2c1-3. The van der Waals surface area contributed by atoms with E-state index in [0.29, 0.717) is 0 Å². The van der Waals surface area contributed by atoms with Gasteiger partial charge in [0.2, 0.25) is 0 Å². The molecule has 0 N–H and O–H groups in total. The fraction of sp³-hybridized carbons (Fsp3) is 0.0400. The number of nitrogens with zero attached hydrogens (tertiary/aromatic N) is 3. The molecule has 0 bridgehead atoms. The van der Waals surface area contributed by atoms with Crippen molar-refractivity contribution in [2.24, 2.45) is 0 Å². The zero-order chi connectivity index (χ0) is 34.9. The zero-order valence-corrected chi connectivity index (χ0v) is 29.1. The van der Waals surface area contributed by atoms with E-state index in [9.17, 15) is 0 Å². The number of hydrogen-bond acceptors (Lipinski definition) is 2. The highest BCUT2D eigenvalue weighted by Gasteiger charge is 2.35. The minimum atomic E-state index is 0.221. The first-order chi connectivity index (χ1) is 26.3. The van der Waals surface area contributed by atoms with Gasteiger partial charge >= 0.3 is 0 Å². The number of hydrogen-bond donors (Lipinski definition) is 0. The van der Waals surface area contributed by atoms with Crippen LogP contribution in [0, 0.1) is 0 Å². The van der Waals surface area contributed by atoms with Gasteiger partial charge in [-0.1, -0.05) is 121 Å². The van der Waals surface area contributed by atoms with Gasteiger partial charge < -0.3 is 14.4 Å². The molecule has 0 spiro atoms. The number of anilines is 5. The molecule has 1 aliphatic carbocycles. The van der Waals surface area contributed by atoms with E-state index in [0.717, 1.165) is 29.2 Å². The molecule has 250 valence electrons. The predicted molar refractivity (Wildman–Crippen MR) is 223 cm³/mol. The second-order valence-corrected chi connectivity index (χ2v) is 14.1. The lowest BCUT2D eigenvalue weighted by Gasteiger charge is -2.42. The summed E-state index contributed by atoms with van der Waals surface area (Å²) >= 11 is 0. The molecule has 1 aliphatic heterocycles. The standard InChI is InChI=1S/C50H35N3/c1-3-16-36(17-4-1)51(40-30-31-43-42-21-9-10-23-45(42)52(48(43)33-40)37-18-5-2-6-19-37)38-26-28-39(29-27-38)53-46-24-12-15-35-14-11-22-44(49(35)46)50-41-20-8-7-13-34(41)25-32-47(50)53/h1-23,25-33,46H,24H2. The van der Waals surface area contributed by atoms with E-state index in [-0.39, 0.29) is 6.04 Å². The van der Waals surface area contributed by atoms with Crippen LogP contribution >= 0.6 is 0 Å². The average Bonchev–Trinajstić information content (AvgIpc) is 3.56. The lowest BCUT2D eigenvalue weighted by Crippen LogP contribution is -2.29. The Labute approximate surface area is 308 Å². The fourth-order valence-corrected chi connectivity index (χ4v) is 8.97. The Balaban J connectivity index is 1.07. The molecule has 0 radical (unpaired) electrons. The first kappa shape index (κ1) is 29.8. The van der Waals surface area contributed by atoms with Crippen molar-refractivity contribution in [2.45, 2.75) is 12.5 Å². The quantitative estimate of drug-likeness (QED) is 0.180. The van der Waals surface area contributed by atoms with Gasteiger partial charge in [0.25, 0.3) is 0 Å². The van der Waals surface area contributed by atoms with Gasteiger partial charge in [-0.3, -0.25) is 0 Å². The van der Waals surface area contributed by atoms with E-state index in [2.05, 4.69) is 209 Å². The average molecular weight is 678 g/mol. The predicted octanol–water partition coefficient (Wildman–Crippen LogP) is 13.7. The van der Waals surface area contributed by atoms with Crippen LogP contribution in [0.4, 0.5) is 28.4 Å². The molecule has 2 aliphatic rings. The summed E-state index contributed by atoms with van der Waals surface area (Å²) in [6, 6.07) is 66.7. The van der Waals surface area contributed by atoms with Gasteiger partial charge in [-0.25, -0.2) is 0 Å². The van der Waals surface area contributed by atoms with Crippen molar-refractivity contribution < 1.29 is 0 Å². The summed E-state index contributed by atoms with van der Waals surface area (Å²) < 4.78 is 2.39. The molecule has 1 aromatic heterocycles. The second kappa shape index (κ2) is 11.9. The number of fused-ring (bicyclic) bond motifs is 7. The summed E-state index contributed by atoms with van der Waals surface area (Å²) in [5.41, 5.74) is 14.8. The van der Waals surface area contributed by atoms with Gasteiger partial charge in [-0.05, 0) is 107 Å². The molecule has 9 aromatic rings. The van der Waals surface area contributed by atoms with E-state index >= 15 is 0 Å². The number of benzene rings is 8. The summed E-state index contributed by atoms with van der Waals surface area (Å²) in [5, 5.41) is 5.07. The van der Waals surface area contributed by atoms with E-state index in [1.807, 2.05) is 0 Å². The Morgan fingerprint density at radius 3 is 2.04 bits per heavy atom. The summed E-state index contributed by atoms with van der Waals surface area (Å²) in [6.45, 7) is 0. The highest BCUT2D eigenvalue weighted by Crippen LogP contribution is 2.54. The van der Waals surface area contributed by atoms with Crippen LogP contribution in [-0.2, 0) is 0 Å². The molecule has 1 unspecified atom stereocenters. The molecule has 3 nitrogen and oxygen atoms in total. The molecule has 0 amide bonds. The largest absolute Gasteiger partial charge is 0.333 e.